The third-order valence-electron chi connectivity index (χ3n) is 2.67. The van der Waals surface area contributed by atoms with Crippen LogP contribution in [0.25, 0.3) is 10.5 Å². The molecule has 0 spiro atoms. The van der Waals surface area contributed by atoms with Crippen molar-refractivity contribution in [2.24, 2.45) is 0 Å². The van der Waals surface area contributed by atoms with Gasteiger partial charge >= 0.3 is 0 Å². The molecule has 0 atom stereocenters. The van der Waals surface area contributed by atoms with Gasteiger partial charge in [0, 0.05) is 11.8 Å². The number of nitrogens with zero attached hydrogens (tertiary/aromatic N) is 4. The summed E-state index contributed by atoms with van der Waals surface area (Å²) in [5.41, 5.74) is 7.39. The average Bonchev–Trinajstić information content (AvgIpc) is 2.55. The fourth-order valence-electron chi connectivity index (χ4n) is 1.61. The fraction of sp³-hybridized carbons (Fsp3) is 0.300. The summed E-state index contributed by atoms with van der Waals surface area (Å²) in [7, 11) is -3.61. The molecule has 2 N–H and O–H groups in total. The Labute approximate surface area is 104 Å². The molecular weight excluding hydrogens is 254 g/mol. The van der Waals surface area contributed by atoms with E-state index < -0.39 is 9.84 Å². The van der Waals surface area contributed by atoms with E-state index in [1.54, 1.807) is 13.8 Å². The average molecular weight is 265 g/mol. The third kappa shape index (κ3) is 1.60. The number of anilines is 1. The lowest BCUT2D eigenvalue weighted by atomic mass is 10.3. The molecule has 0 saturated heterocycles. The molecule has 0 aliphatic heterocycles. The van der Waals surface area contributed by atoms with Gasteiger partial charge in [0.15, 0.2) is 20.5 Å². The van der Waals surface area contributed by atoms with E-state index in [2.05, 4.69) is 14.9 Å². The predicted octanol–water partition coefficient (Wildman–Crippen LogP) is 0.883. The molecule has 0 bridgehead atoms. The highest BCUT2D eigenvalue weighted by Gasteiger charge is 2.23. The number of nitrogen functional groups attached to an aromatic ring is 1. The Hall–Kier alpha value is -2.14. The van der Waals surface area contributed by atoms with Crippen molar-refractivity contribution in [1.29, 1.82) is 0 Å². The molecule has 2 aromatic rings. The summed E-state index contributed by atoms with van der Waals surface area (Å²) >= 11 is 0. The smallest absolute Gasteiger partial charge is 0.264 e. The molecule has 0 saturated carbocycles. The monoisotopic (exact) mass is 265 g/mol. The van der Waals surface area contributed by atoms with E-state index in [9.17, 15) is 8.42 Å². The van der Waals surface area contributed by atoms with Gasteiger partial charge in [-0.1, -0.05) is 0 Å². The van der Waals surface area contributed by atoms with Gasteiger partial charge in [0.2, 0.25) is 0 Å². The first-order valence-corrected chi connectivity index (χ1v) is 6.89. The number of hydrogen-bond acceptors (Lipinski definition) is 5. The van der Waals surface area contributed by atoms with Crippen LogP contribution in [0.15, 0.2) is 5.03 Å². The van der Waals surface area contributed by atoms with Crippen LogP contribution in [0.5, 0.6) is 0 Å². The van der Waals surface area contributed by atoms with E-state index in [1.165, 1.54) is 4.52 Å². The number of aryl methyl sites for hydroxylation is 2. The lowest BCUT2D eigenvalue weighted by molar-refractivity contribution is 0.599. The minimum atomic E-state index is -3.61. The second kappa shape index (κ2) is 3.68. The van der Waals surface area contributed by atoms with Gasteiger partial charge in [-0.3, -0.25) is 0 Å². The Kier molecular flexibility index (Phi) is 2.52. The first-order valence-electron chi connectivity index (χ1n) is 5.00. The Morgan fingerprint density at radius 3 is 2.50 bits per heavy atom. The lowest BCUT2D eigenvalue weighted by Crippen LogP contribution is -2.08. The van der Waals surface area contributed by atoms with Crippen molar-refractivity contribution in [3.8, 4) is 0 Å². The van der Waals surface area contributed by atoms with Gasteiger partial charge in [0.05, 0.1) is 12.3 Å². The van der Waals surface area contributed by atoms with Crippen LogP contribution in [0, 0.1) is 20.4 Å². The highest BCUT2D eigenvalue weighted by molar-refractivity contribution is 7.90. The number of fused-ring (bicyclic) bond motifs is 1. The molecule has 18 heavy (non-hydrogen) atoms. The van der Waals surface area contributed by atoms with Crippen LogP contribution in [-0.4, -0.2) is 29.3 Å². The molecule has 0 radical (unpaired) electrons. The first kappa shape index (κ1) is 12.3. The van der Waals surface area contributed by atoms with Crippen molar-refractivity contribution in [1.82, 2.24) is 14.6 Å². The van der Waals surface area contributed by atoms with E-state index >= 15 is 0 Å². The van der Waals surface area contributed by atoms with Crippen LogP contribution in [0.4, 0.5) is 11.5 Å². The van der Waals surface area contributed by atoms with Gasteiger partial charge in [-0.15, -0.1) is 0 Å². The Morgan fingerprint density at radius 1 is 1.39 bits per heavy atom. The highest BCUT2D eigenvalue weighted by Crippen LogP contribution is 2.31. The molecule has 2 rings (SSSR count). The molecule has 0 aliphatic rings. The summed E-state index contributed by atoms with van der Waals surface area (Å²) in [6, 6.07) is 0. The standard InChI is InChI=1S/C10H11N5O2S/c1-5-6(2)14-15-8(11)7(12-3)10(13-9(5)15)18(4,16)17/h11H2,1-2,4H3. The van der Waals surface area contributed by atoms with Crippen LogP contribution in [0.2, 0.25) is 0 Å². The maximum Gasteiger partial charge on any atom is 0.264 e. The Morgan fingerprint density at radius 2 is 2.00 bits per heavy atom. The van der Waals surface area contributed by atoms with Gasteiger partial charge in [-0.25, -0.2) is 22.8 Å². The first-order chi connectivity index (χ1) is 8.27. The fourth-order valence-corrected chi connectivity index (χ4v) is 2.37. The molecular formula is C10H11N5O2S. The summed E-state index contributed by atoms with van der Waals surface area (Å²) in [5, 5.41) is 3.83. The maximum absolute atomic E-state index is 11.6. The summed E-state index contributed by atoms with van der Waals surface area (Å²) in [4.78, 5) is 7.17. The highest BCUT2D eigenvalue weighted by atomic mass is 32.2. The van der Waals surface area contributed by atoms with E-state index in [1.807, 2.05) is 0 Å². The van der Waals surface area contributed by atoms with Crippen molar-refractivity contribution in [2.45, 2.75) is 18.9 Å². The molecule has 2 aromatic heterocycles. The van der Waals surface area contributed by atoms with Gasteiger partial charge in [0.1, 0.15) is 5.82 Å². The van der Waals surface area contributed by atoms with Crippen molar-refractivity contribution in [2.75, 3.05) is 12.0 Å². The topological polar surface area (TPSA) is 94.7 Å². The molecule has 94 valence electrons. The van der Waals surface area contributed by atoms with Crippen molar-refractivity contribution in [3.63, 3.8) is 0 Å². The predicted molar refractivity (Wildman–Crippen MR) is 66.2 cm³/mol. The summed E-state index contributed by atoms with van der Waals surface area (Å²) in [6.45, 7) is 10.6. The van der Waals surface area contributed by atoms with E-state index in [0.717, 1.165) is 11.8 Å². The number of rotatable bonds is 1. The maximum atomic E-state index is 11.6. The second-order valence-electron chi connectivity index (χ2n) is 3.98. The zero-order valence-electron chi connectivity index (χ0n) is 10.1. The van der Waals surface area contributed by atoms with Crippen LogP contribution >= 0.6 is 0 Å². The summed E-state index contributed by atoms with van der Waals surface area (Å²) in [5.74, 6) is -0.00775. The number of sulfone groups is 1. The molecule has 0 unspecified atom stereocenters. The zero-order chi connectivity index (χ0) is 13.7. The molecule has 0 amide bonds. The summed E-state index contributed by atoms with van der Waals surface area (Å²) in [6.07, 6.45) is 0.999. The van der Waals surface area contributed by atoms with Crippen molar-refractivity contribution in [3.05, 3.63) is 22.7 Å². The molecule has 7 nitrogen and oxygen atoms in total. The minimum Gasteiger partial charge on any atom is -0.392 e. The van der Waals surface area contributed by atoms with Crippen molar-refractivity contribution >= 4 is 27.0 Å². The van der Waals surface area contributed by atoms with E-state index in [4.69, 9.17) is 12.3 Å². The summed E-state index contributed by atoms with van der Waals surface area (Å²) < 4.78 is 24.6. The normalized spacial score (nSPS) is 11.7. The van der Waals surface area contributed by atoms with Crippen LogP contribution in [-0.2, 0) is 9.84 Å². The molecule has 0 aromatic carbocycles. The van der Waals surface area contributed by atoms with Gasteiger partial charge < -0.3 is 5.73 Å². The number of hydrogen-bond donors (Lipinski definition) is 1. The number of nitrogens with two attached hydrogens (primary N) is 1. The number of aromatic nitrogens is 3. The van der Waals surface area contributed by atoms with Crippen LogP contribution in [0.1, 0.15) is 11.3 Å². The quantitative estimate of drug-likeness (QED) is 0.610. The molecule has 0 aliphatic carbocycles. The van der Waals surface area contributed by atoms with Gasteiger partial charge in [-0.2, -0.15) is 5.10 Å². The van der Waals surface area contributed by atoms with Crippen LogP contribution in [0.3, 0.4) is 0 Å². The lowest BCUT2D eigenvalue weighted by Gasteiger charge is -2.06. The largest absolute Gasteiger partial charge is 0.392 e. The third-order valence-corrected chi connectivity index (χ3v) is 3.66. The molecule has 2 heterocycles. The van der Waals surface area contributed by atoms with Gasteiger partial charge in [0.25, 0.3) is 5.69 Å². The van der Waals surface area contributed by atoms with E-state index in [0.29, 0.717) is 11.3 Å². The van der Waals surface area contributed by atoms with Crippen LogP contribution < -0.4 is 5.73 Å². The zero-order valence-corrected chi connectivity index (χ0v) is 10.9. The van der Waals surface area contributed by atoms with Gasteiger partial charge in [-0.05, 0) is 13.8 Å². The molecule has 0 fully saturated rings. The van der Waals surface area contributed by atoms with Crippen molar-refractivity contribution < 1.29 is 8.42 Å². The minimum absolute atomic E-state index is 0.00775. The molecule has 8 heteroatoms. The Bertz CT molecular complexity index is 798. The van der Waals surface area contributed by atoms with E-state index in [-0.39, 0.29) is 16.5 Å². The SMILES string of the molecule is [C-]#[N+]c1c(S(C)(=O)=O)nc2c(C)c(C)nn2c1N. The second-order valence-corrected chi connectivity index (χ2v) is 5.91. The Balaban J connectivity index is 3.07.